The van der Waals surface area contributed by atoms with E-state index in [1.54, 1.807) is 24.5 Å². The van der Waals surface area contributed by atoms with Gasteiger partial charge >= 0.3 is 0 Å². The van der Waals surface area contributed by atoms with Crippen molar-refractivity contribution in [3.05, 3.63) is 53.5 Å². The summed E-state index contributed by atoms with van der Waals surface area (Å²) in [6.07, 6.45) is 4.37. The van der Waals surface area contributed by atoms with E-state index in [0.717, 1.165) is 12.1 Å². The van der Waals surface area contributed by atoms with Gasteiger partial charge in [0.25, 0.3) is 0 Å². The number of aromatic nitrogens is 2. The van der Waals surface area contributed by atoms with Gasteiger partial charge in [0.05, 0.1) is 23.9 Å². The van der Waals surface area contributed by atoms with E-state index in [2.05, 4.69) is 34.3 Å². The molecule has 0 fully saturated rings. The molecule has 0 radical (unpaired) electrons. The molecule has 0 aliphatic heterocycles. The average molecular weight is 238 g/mol. The van der Waals surface area contributed by atoms with Crippen LogP contribution in [0.15, 0.2) is 36.7 Å². The molecule has 90 valence electrons. The number of nitrogens with zero attached hydrogens (tertiary/aromatic N) is 3. The predicted molar refractivity (Wildman–Crippen MR) is 69.9 cm³/mol. The minimum Gasteiger partial charge on any atom is -0.364 e. The lowest BCUT2D eigenvalue weighted by Gasteiger charge is -2.08. The molecule has 0 amide bonds. The molecule has 0 atom stereocenters. The fourth-order valence-electron chi connectivity index (χ4n) is 1.72. The Labute approximate surface area is 106 Å². The molecule has 0 aliphatic carbocycles. The lowest BCUT2D eigenvalue weighted by Crippen LogP contribution is -2.06. The summed E-state index contributed by atoms with van der Waals surface area (Å²) in [6, 6.07) is 9.52. The van der Waals surface area contributed by atoms with Crippen molar-refractivity contribution in [2.45, 2.75) is 19.9 Å². The van der Waals surface area contributed by atoms with Gasteiger partial charge in [-0.05, 0) is 30.2 Å². The smallest absolute Gasteiger partial charge is 0.127 e. The zero-order valence-electron chi connectivity index (χ0n) is 10.2. The van der Waals surface area contributed by atoms with E-state index >= 15 is 0 Å². The molecule has 0 bridgehead atoms. The standard InChI is InChI=1S/C14H14N4/c1-2-12-4-3-6-16-13(12)10-18-14-8-11(9-15)5-7-17-14/h3-8H,2,10H2,1H3,(H,17,18). The Balaban J connectivity index is 2.09. The molecule has 4 nitrogen and oxygen atoms in total. The third-order valence-corrected chi connectivity index (χ3v) is 2.69. The predicted octanol–water partition coefficient (Wildman–Crippen LogP) is 2.52. The van der Waals surface area contributed by atoms with E-state index < -0.39 is 0 Å². The zero-order valence-corrected chi connectivity index (χ0v) is 10.2. The van der Waals surface area contributed by atoms with Gasteiger partial charge in [0, 0.05) is 12.4 Å². The van der Waals surface area contributed by atoms with Crippen LogP contribution in [0.5, 0.6) is 0 Å². The van der Waals surface area contributed by atoms with Crippen molar-refractivity contribution in [1.82, 2.24) is 9.97 Å². The van der Waals surface area contributed by atoms with Gasteiger partial charge < -0.3 is 5.32 Å². The van der Waals surface area contributed by atoms with Crippen molar-refractivity contribution in [3.63, 3.8) is 0 Å². The van der Waals surface area contributed by atoms with Gasteiger partial charge in [-0.15, -0.1) is 0 Å². The summed E-state index contributed by atoms with van der Waals surface area (Å²) in [5.41, 5.74) is 2.84. The molecular formula is C14H14N4. The van der Waals surface area contributed by atoms with Crippen LogP contribution in [0.25, 0.3) is 0 Å². The summed E-state index contributed by atoms with van der Waals surface area (Å²) >= 11 is 0. The summed E-state index contributed by atoms with van der Waals surface area (Å²) in [4.78, 5) is 8.52. The number of pyridine rings is 2. The third kappa shape index (κ3) is 2.83. The number of hydrogen-bond acceptors (Lipinski definition) is 4. The van der Waals surface area contributed by atoms with Crippen molar-refractivity contribution in [2.24, 2.45) is 0 Å². The molecule has 2 aromatic heterocycles. The minimum absolute atomic E-state index is 0.601. The molecule has 2 aromatic rings. The highest BCUT2D eigenvalue weighted by molar-refractivity contribution is 5.42. The van der Waals surface area contributed by atoms with Crippen LogP contribution in [0.2, 0.25) is 0 Å². The molecule has 0 aliphatic rings. The van der Waals surface area contributed by atoms with Crippen molar-refractivity contribution in [2.75, 3.05) is 5.32 Å². The molecule has 0 spiro atoms. The van der Waals surface area contributed by atoms with Gasteiger partial charge in [-0.25, -0.2) is 4.98 Å². The van der Waals surface area contributed by atoms with E-state index in [9.17, 15) is 0 Å². The molecule has 2 rings (SSSR count). The number of nitrogens with one attached hydrogen (secondary N) is 1. The molecule has 0 aromatic carbocycles. The molecule has 0 unspecified atom stereocenters. The second-order valence-corrected chi connectivity index (χ2v) is 3.86. The highest BCUT2D eigenvalue weighted by Gasteiger charge is 2.02. The number of nitriles is 1. The molecule has 1 N–H and O–H groups in total. The maximum absolute atomic E-state index is 8.81. The first kappa shape index (κ1) is 12.1. The van der Waals surface area contributed by atoms with Gasteiger partial charge in [-0.2, -0.15) is 5.26 Å². The Morgan fingerprint density at radius 2 is 2.17 bits per heavy atom. The van der Waals surface area contributed by atoms with Crippen LogP contribution in [0, 0.1) is 11.3 Å². The average Bonchev–Trinajstić information content (AvgIpc) is 2.45. The Kier molecular flexibility index (Phi) is 3.87. The largest absolute Gasteiger partial charge is 0.364 e. The maximum atomic E-state index is 8.81. The van der Waals surface area contributed by atoms with Crippen LogP contribution < -0.4 is 5.32 Å². The van der Waals surface area contributed by atoms with Crippen molar-refractivity contribution >= 4 is 5.82 Å². The van der Waals surface area contributed by atoms with Gasteiger partial charge in [-0.3, -0.25) is 4.98 Å². The first-order chi connectivity index (χ1) is 8.83. The van der Waals surface area contributed by atoms with Crippen LogP contribution in [-0.4, -0.2) is 9.97 Å². The first-order valence-corrected chi connectivity index (χ1v) is 5.86. The van der Waals surface area contributed by atoms with Crippen LogP contribution in [-0.2, 0) is 13.0 Å². The number of aryl methyl sites for hydroxylation is 1. The second kappa shape index (κ2) is 5.78. The Morgan fingerprint density at radius 3 is 2.94 bits per heavy atom. The number of anilines is 1. The van der Waals surface area contributed by atoms with Crippen LogP contribution in [0.1, 0.15) is 23.7 Å². The zero-order chi connectivity index (χ0) is 12.8. The van der Waals surface area contributed by atoms with Crippen molar-refractivity contribution < 1.29 is 0 Å². The monoisotopic (exact) mass is 238 g/mol. The van der Waals surface area contributed by atoms with Crippen LogP contribution in [0.3, 0.4) is 0 Å². The third-order valence-electron chi connectivity index (χ3n) is 2.69. The summed E-state index contributed by atoms with van der Waals surface area (Å²) in [5.74, 6) is 0.696. The van der Waals surface area contributed by atoms with E-state index in [4.69, 9.17) is 5.26 Å². The highest BCUT2D eigenvalue weighted by atomic mass is 15.0. The quantitative estimate of drug-likeness (QED) is 0.889. The normalized spacial score (nSPS) is 9.78. The molecule has 2 heterocycles. The molecular weight excluding hydrogens is 224 g/mol. The van der Waals surface area contributed by atoms with E-state index in [-0.39, 0.29) is 0 Å². The topological polar surface area (TPSA) is 61.6 Å². The fraction of sp³-hybridized carbons (Fsp3) is 0.214. The minimum atomic E-state index is 0.601. The first-order valence-electron chi connectivity index (χ1n) is 5.86. The molecule has 18 heavy (non-hydrogen) atoms. The summed E-state index contributed by atoms with van der Waals surface area (Å²) in [6.45, 7) is 2.72. The lowest BCUT2D eigenvalue weighted by molar-refractivity contribution is 0.964. The van der Waals surface area contributed by atoms with Crippen molar-refractivity contribution in [1.29, 1.82) is 5.26 Å². The van der Waals surface area contributed by atoms with E-state index in [1.807, 2.05) is 6.07 Å². The maximum Gasteiger partial charge on any atom is 0.127 e. The number of hydrogen-bond donors (Lipinski definition) is 1. The SMILES string of the molecule is CCc1cccnc1CNc1cc(C#N)ccn1. The Bertz CT molecular complexity index is 572. The highest BCUT2D eigenvalue weighted by Crippen LogP contribution is 2.10. The van der Waals surface area contributed by atoms with E-state index in [1.165, 1.54) is 5.56 Å². The van der Waals surface area contributed by atoms with E-state index in [0.29, 0.717) is 17.9 Å². The second-order valence-electron chi connectivity index (χ2n) is 3.86. The Morgan fingerprint density at radius 1 is 1.28 bits per heavy atom. The van der Waals surface area contributed by atoms with Crippen molar-refractivity contribution in [3.8, 4) is 6.07 Å². The van der Waals surface area contributed by atoms with Gasteiger partial charge in [0.2, 0.25) is 0 Å². The summed E-state index contributed by atoms with van der Waals surface area (Å²) in [7, 11) is 0. The van der Waals surface area contributed by atoms with Crippen LogP contribution in [0.4, 0.5) is 5.82 Å². The fourth-order valence-corrected chi connectivity index (χ4v) is 1.72. The van der Waals surface area contributed by atoms with Gasteiger partial charge in [-0.1, -0.05) is 13.0 Å². The van der Waals surface area contributed by atoms with Gasteiger partial charge in [0.15, 0.2) is 0 Å². The summed E-state index contributed by atoms with van der Waals surface area (Å²) in [5, 5.41) is 12.0. The lowest BCUT2D eigenvalue weighted by atomic mass is 10.1. The molecule has 0 saturated carbocycles. The number of rotatable bonds is 4. The molecule has 4 heteroatoms. The Hall–Kier alpha value is -2.41. The van der Waals surface area contributed by atoms with Crippen LogP contribution >= 0.6 is 0 Å². The van der Waals surface area contributed by atoms with Gasteiger partial charge in [0.1, 0.15) is 5.82 Å². The molecule has 0 saturated heterocycles. The summed E-state index contributed by atoms with van der Waals surface area (Å²) < 4.78 is 0.